The Bertz CT molecular complexity index is 405. The van der Waals surface area contributed by atoms with E-state index >= 15 is 0 Å². The van der Waals surface area contributed by atoms with Gasteiger partial charge in [-0.15, -0.1) is 0 Å². The van der Waals surface area contributed by atoms with E-state index in [1.807, 2.05) is 0 Å². The van der Waals surface area contributed by atoms with Gasteiger partial charge in [-0.1, -0.05) is 20.8 Å². The third-order valence-electron chi connectivity index (χ3n) is 4.52. The zero-order valence-electron chi connectivity index (χ0n) is 14.1. The average Bonchev–Trinajstić information content (AvgIpc) is 3.08. The average molecular weight is 304 g/mol. The summed E-state index contributed by atoms with van der Waals surface area (Å²) < 4.78 is 24.0. The molecule has 0 bridgehead atoms. The second-order valence-corrected chi connectivity index (χ2v) is 11.0. The first-order chi connectivity index (χ1) is 8.98. The minimum atomic E-state index is -3.01. The van der Waals surface area contributed by atoms with Crippen LogP contribution in [-0.2, 0) is 9.84 Å². The van der Waals surface area contributed by atoms with Crippen LogP contribution in [-0.4, -0.2) is 32.0 Å². The molecule has 1 unspecified atom stereocenters. The van der Waals surface area contributed by atoms with Gasteiger partial charge in [-0.2, -0.15) is 0 Å². The van der Waals surface area contributed by atoms with Crippen molar-refractivity contribution in [2.24, 2.45) is 17.3 Å². The van der Waals surface area contributed by atoms with Crippen molar-refractivity contribution in [3.63, 3.8) is 0 Å². The highest BCUT2D eigenvalue weighted by Gasteiger charge is 2.42. The lowest BCUT2D eigenvalue weighted by Gasteiger charge is -2.32. The SMILES string of the molecule is CC(C)CNCC(C)(CCS(=O)(=O)C(C)(C)C)C1CC1. The summed E-state index contributed by atoms with van der Waals surface area (Å²) in [4.78, 5) is 0. The summed E-state index contributed by atoms with van der Waals surface area (Å²) in [5.41, 5.74) is 0.132. The van der Waals surface area contributed by atoms with Crippen LogP contribution in [0.5, 0.6) is 0 Å². The molecule has 1 fully saturated rings. The van der Waals surface area contributed by atoms with Crippen LogP contribution in [0.2, 0.25) is 0 Å². The van der Waals surface area contributed by atoms with Crippen LogP contribution in [0.25, 0.3) is 0 Å². The summed E-state index contributed by atoms with van der Waals surface area (Å²) in [7, 11) is -3.01. The highest BCUT2D eigenvalue weighted by Crippen LogP contribution is 2.47. The molecule has 0 spiro atoms. The molecule has 0 aromatic carbocycles. The van der Waals surface area contributed by atoms with Gasteiger partial charge < -0.3 is 5.32 Å². The lowest BCUT2D eigenvalue weighted by molar-refractivity contribution is 0.244. The topological polar surface area (TPSA) is 46.2 Å². The predicted molar refractivity (Wildman–Crippen MR) is 86.7 cm³/mol. The summed E-state index contributed by atoms with van der Waals surface area (Å²) in [6, 6.07) is 0. The summed E-state index contributed by atoms with van der Waals surface area (Å²) in [5.74, 6) is 1.65. The zero-order chi connectivity index (χ0) is 15.6. The zero-order valence-corrected chi connectivity index (χ0v) is 14.9. The summed E-state index contributed by atoms with van der Waals surface area (Å²) >= 11 is 0. The first-order valence-electron chi connectivity index (χ1n) is 7.91. The Morgan fingerprint density at radius 1 is 1.15 bits per heavy atom. The van der Waals surface area contributed by atoms with Crippen molar-refractivity contribution in [2.75, 3.05) is 18.8 Å². The quantitative estimate of drug-likeness (QED) is 0.748. The molecule has 0 amide bonds. The fourth-order valence-electron chi connectivity index (χ4n) is 2.54. The van der Waals surface area contributed by atoms with Crippen LogP contribution < -0.4 is 5.32 Å². The Morgan fingerprint density at radius 2 is 1.70 bits per heavy atom. The van der Waals surface area contributed by atoms with E-state index in [0.29, 0.717) is 17.6 Å². The van der Waals surface area contributed by atoms with Crippen LogP contribution >= 0.6 is 0 Å². The molecule has 0 aromatic rings. The second-order valence-electron chi connectivity index (χ2n) is 8.13. The Morgan fingerprint density at radius 3 is 2.10 bits per heavy atom. The van der Waals surface area contributed by atoms with Gasteiger partial charge >= 0.3 is 0 Å². The second kappa shape index (κ2) is 6.35. The van der Waals surface area contributed by atoms with Crippen LogP contribution in [0.15, 0.2) is 0 Å². The summed E-state index contributed by atoms with van der Waals surface area (Å²) in [6.45, 7) is 14.0. The molecule has 1 rings (SSSR count). The van der Waals surface area contributed by atoms with Gasteiger partial charge in [0.25, 0.3) is 0 Å². The monoisotopic (exact) mass is 303 g/mol. The highest BCUT2D eigenvalue weighted by molar-refractivity contribution is 7.92. The number of sulfone groups is 1. The highest BCUT2D eigenvalue weighted by atomic mass is 32.2. The maximum atomic E-state index is 12.3. The van der Waals surface area contributed by atoms with Gasteiger partial charge in [0.15, 0.2) is 9.84 Å². The third kappa shape index (κ3) is 5.03. The molecule has 0 radical (unpaired) electrons. The molecule has 0 aliphatic heterocycles. The van der Waals surface area contributed by atoms with Gasteiger partial charge in [0, 0.05) is 6.54 Å². The first kappa shape index (κ1) is 18.0. The van der Waals surface area contributed by atoms with E-state index in [4.69, 9.17) is 0 Å². The normalized spacial score (nSPS) is 20.1. The maximum absolute atomic E-state index is 12.3. The molecule has 1 aliphatic rings. The van der Waals surface area contributed by atoms with Crippen molar-refractivity contribution < 1.29 is 8.42 Å². The Labute approximate surface area is 125 Å². The van der Waals surface area contributed by atoms with Crippen molar-refractivity contribution in [3.05, 3.63) is 0 Å². The Kier molecular flexibility index (Phi) is 5.70. The molecule has 3 nitrogen and oxygen atoms in total. The first-order valence-corrected chi connectivity index (χ1v) is 9.56. The van der Waals surface area contributed by atoms with Crippen molar-refractivity contribution in [1.82, 2.24) is 5.32 Å². The van der Waals surface area contributed by atoms with Crippen molar-refractivity contribution in [3.8, 4) is 0 Å². The van der Waals surface area contributed by atoms with Crippen LogP contribution in [0.3, 0.4) is 0 Å². The smallest absolute Gasteiger partial charge is 0.155 e. The summed E-state index contributed by atoms with van der Waals surface area (Å²) in [5, 5.41) is 3.53. The maximum Gasteiger partial charge on any atom is 0.155 e. The van der Waals surface area contributed by atoms with E-state index in [1.165, 1.54) is 12.8 Å². The molecular formula is C16H33NO2S. The Hall–Kier alpha value is -0.0900. The van der Waals surface area contributed by atoms with Gasteiger partial charge in [0.05, 0.1) is 10.5 Å². The van der Waals surface area contributed by atoms with Crippen molar-refractivity contribution in [2.45, 2.75) is 65.6 Å². The standard InChI is InChI=1S/C16H33NO2S/c1-13(2)11-17-12-16(6,14-7-8-14)9-10-20(18,19)15(3,4)5/h13-14,17H,7-12H2,1-6H3. The third-order valence-corrected chi connectivity index (χ3v) is 7.13. The van der Waals surface area contributed by atoms with Crippen molar-refractivity contribution >= 4 is 9.84 Å². The molecule has 0 saturated heterocycles. The number of rotatable bonds is 8. The minimum Gasteiger partial charge on any atom is -0.316 e. The van der Waals surface area contributed by atoms with Gasteiger partial charge in [-0.05, 0) is 63.8 Å². The molecular weight excluding hydrogens is 270 g/mol. The lowest BCUT2D eigenvalue weighted by atomic mass is 9.82. The van der Waals surface area contributed by atoms with E-state index in [1.54, 1.807) is 20.8 Å². The number of hydrogen-bond acceptors (Lipinski definition) is 3. The molecule has 1 aliphatic carbocycles. The largest absolute Gasteiger partial charge is 0.316 e. The summed E-state index contributed by atoms with van der Waals surface area (Å²) in [6.07, 6.45) is 3.30. The lowest BCUT2D eigenvalue weighted by Crippen LogP contribution is -2.39. The van der Waals surface area contributed by atoms with Crippen molar-refractivity contribution in [1.29, 1.82) is 0 Å². The molecule has 1 N–H and O–H groups in total. The minimum absolute atomic E-state index is 0.132. The number of nitrogens with one attached hydrogen (secondary N) is 1. The molecule has 0 aromatic heterocycles. The van der Waals surface area contributed by atoms with E-state index < -0.39 is 14.6 Å². The van der Waals surface area contributed by atoms with E-state index in [0.717, 1.165) is 19.5 Å². The van der Waals surface area contributed by atoms with E-state index in [9.17, 15) is 8.42 Å². The van der Waals surface area contributed by atoms with Gasteiger partial charge in [0.1, 0.15) is 0 Å². The van der Waals surface area contributed by atoms with Crippen LogP contribution in [0.1, 0.15) is 60.8 Å². The van der Waals surface area contributed by atoms with Crippen LogP contribution in [0, 0.1) is 17.3 Å². The van der Waals surface area contributed by atoms with Gasteiger partial charge in [-0.3, -0.25) is 0 Å². The molecule has 1 atom stereocenters. The Balaban J connectivity index is 2.59. The molecule has 20 heavy (non-hydrogen) atoms. The van der Waals surface area contributed by atoms with E-state index in [2.05, 4.69) is 26.1 Å². The molecule has 4 heteroatoms. The molecule has 120 valence electrons. The molecule has 0 heterocycles. The van der Waals surface area contributed by atoms with Crippen LogP contribution in [0.4, 0.5) is 0 Å². The molecule has 1 saturated carbocycles. The fraction of sp³-hybridized carbons (Fsp3) is 1.00. The predicted octanol–water partition coefficient (Wildman–Crippen LogP) is 3.25. The van der Waals surface area contributed by atoms with Gasteiger partial charge in [-0.25, -0.2) is 8.42 Å². The fourth-order valence-corrected chi connectivity index (χ4v) is 3.88. The van der Waals surface area contributed by atoms with Gasteiger partial charge in [0.2, 0.25) is 0 Å². The van der Waals surface area contributed by atoms with E-state index in [-0.39, 0.29) is 5.41 Å². The number of hydrogen-bond donors (Lipinski definition) is 1.